The lowest BCUT2D eigenvalue weighted by Gasteiger charge is -2.35. The molecule has 2 saturated heterocycles. The SMILES string of the molecule is CCOc1ccc(SCC(=O)N2CCC([C@@H]3OCCC3C(=O)O)CC2)cc1. The van der Waals surface area contributed by atoms with Gasteiger partial charge in [-0.05, 0) is 56.4 Å². The number of hydrogen-bond donors (Lipinski definition) is 1. The molecule has 0 aliphatic carbocycles. The first kappa shape index (κ1) is 20.0. The van der Waals surface area contributed by atoms with Crippen LogP contribution >= 0.6 is 11.8 Å². The summed E-state index contributed by atoms with van der Waals surface area (Å²) in [4.78, 5) is 26.8. The van der Waals surface area contributed by atoms with Crippen LogP contribution in [0, 0.1) is 11.8 Å². The summed E-state index contributed by atoms with van der Waals surface area (Å²) < 4.78 is 11.1. The Kier molecular flexibility index (Phi) is 7.01. The van der Waals surface area contributed by atoms with Crippen molar-refractivity contribution in [1.29, 1.82) is 0 Å². The molecule has 2 heterocycles. The summed E-state index contributed by atoms with van der Waals surface area (Å²) in [5.74, 6) is 0.459. The highest BCUT2D eigenvalue weighted by Crippen LogP contribution is 2.33. The third-order valence-corrected chi connectivity index (χ3v) is 6.30. The van der Waals surface area contributed by atoms with Crippen molar-refractivity contribution in [2.75, 3.05) is 32.1 Å². The van der Waals surface area contributed by atoms with Crippen LogP contribution in [0.2, 0.25) is 0 Å². The van der Waals surface area contributed by atoms with Crippen molar-refractivity contribution in [2.24, 2.45) is 11.8 Å². The predicted molar refractivity (Wildman–Crippen MR) is 103 cm³/mol. The molecule has 6 nitrogen and oxygen atoms in total. The van der Waals surface area contributed by atoms with E-state index in [0.29, 0.717) is 38.5 Å². The zero-order chi connectivity index (χ0) is 19.2. The zero-order valence-corrected chi connectivity index (χ0v) is 16.5. The van der Waals surface area contributed by atoms with Crippen molar-refractivity contribution in [1.82, 2.24) is 4.90 Å². The first-order valence-corrected chi connectivity index (χ1v) is 10.5. The molecule has 148 valence electrons. The minimum absolute atomic E-state index is 0.134. The lowest BCUT2D eigenvalue weighted by atomic mass is 9.84. The maximum absolute atomic E-state index is 12.5. The number of nitrogens with zero attached hydrogens (tertiary/aromatic N) is 1. The first-order chi connectivity index (χ1) is 13.1. The second-order valence-corrected chi connectivity index (χ2v) is 8.03. The van der Waals surface area contributed by atoms with Gasteiger partial charge in [-0.2, -0.15) is 0 Å². The number of rotatable bonds is 7. The van der Waals surface area contributed by atoms with Gasteiger partial charge in [0.2, 0.25) is 5.91 Å². The second kappa shape index (κ2) is 9.46. The Balaban J connectivity index is 1.44. The molecule has 0 aromatic heterocycles. The van der Waals surface area contributed by atoms with E-state index in [1.807, 2.05) is 36.1 Å². The monoisotopic (exact) mass is 393 g/mol. The van der Waals surface area contributed by atoms with E-state index in [0.717, 1.165) is 23.5 Å². The van der Waals surface area contributed by atoms with Gasteiger partial charge in [-0.15, -0.1) is 11.8 Å². The molecule has 2 atom stereocenters. The van der Waals surface area contributed by atoms with Gasteiger partial charge in [0.1, 0.15) is 5.75 Å². The lowest BCUT2D eigenvalue weighted by molar-refractivity contribution is -0.145. The normalized spacial score (nSPS) is 23.4. The fraction of sp³-hybridized carbons (Fsp3) is 0.600. The number of hydrogen-bond acceptors (Lipinski definition) is 5. The Hall–Kier alpha value is -1.73. The summed E-state index contributed by atoms with van der Waals surface area (Å²) in [6.45, 7) is 4.48. The van der Waals surface area contributed by atoms with Crippen molar-refractivity contribution in [3.63, 3.8) is 0 Å². The van der Waals surface area contributed by atoms with E-state index >= 15 is 0 Å². The van der Waals surface area contributed by atoms with Gasteiger partial charge < -0.3 is 19.5 Å². The molecule has 0 bridgehead atoms. The fourth-order valence-electron chi connectivity index (χ4n) is 3.85. The summed E-state index contributed by atoms with van der Waals surface area (Å²) in [7, 11) is 0. The van der Waals surface area contributed by atoms with Crippen molar-refractivity contribution in [3.05, 3.63) is 24.3 Å². The molecule has 1 aromatic rings. The number of ether oxygens (including phenoxy) is 2. The quantitative estimate of drug-likeness (QED) is 0.718. The number of benzene rings is 1. The van der Waals surface area contributed by atoms with Crippen LogP contribution in [-0.2, 0) is 14.3 Å². The molecule has 0 spiro atoms. The molecule has 0 radical (unpaired) electrons. The Bertz CT molecular complexity index is 642. The van der Waals surface area contributed by atoms with E-state index in [1.165, 1.54) is 11.8 Å². The molecule has 2 fully saturated rings. The van der Waals surface area contributed by atoms with Crippen LogP contribution in [0.5, 0.6) is 5.75 Å². The van der Waals surface area contributed by atoms with Gasteiger partial charge >= 0.3 is 5.97 Å². The van der Waals surface area contributed by atoms with E-state index < -0.39 is 11.9 Å². The molecule has 2 aliphatic heterocycles. The van der Waals surface area contributed by atoms with Gasteiger partial charge in [-0.1, -0.05) is 0 Å². The third-order valence-electron chi connectivity index (χ3n) is 5.31. The largest absolute Gasteiger partial charge is 0.494 e. The van der Waals surface area contributed by atoms with Crippen LogP contribution in [0.3, 0.4) is 0 Å². The molecule has 0 saturated carbocycles. The molecule has 7 heteroatoms. The molecule has 3 rings (SSSR count). The molecular weight excluding hydrogens is 366 g/mol. The van der Waals surface area contributed by atoms with Gasteiger partial charge in [0.15, 0.2) is 0 Å². The minimum atomic E-state index is -0.761. The van der Waals surface area contributed by atoms with Gasteiger partial charge in [0.05, 0.1) is 24.4 Å². The number of carboxylic acid groups (broad SMARTS) is 1. The van der Waals surface area contributed by atoms with Crippen molar-refractivity contribution < 1.29 is 24.2 Å². The predicted octanol–water partition coefficient (Wildman–Crippen LogP) is 2.91. The van der Waals surface area contributed by atoms with Crippen LogP contribution in [-0.4, -0.2) is 60.0 Å². The minimum Gasteiger partial charge on any atom is -0.494 e. The van der Waals surface area contributed by atoms with Crippen molar-refractivity contribution in [3.8, 4) is 5.75 Å². The van der Waals surface area contributed by atoms with Gasteiger partial charge in [0.25, 0.3) is 0 Å². The summed E-state index contributed by atoms with van der Waals surface area (Å²) in [6, 6.07) is 7.78. The van der Waals surface area contributed by atoms with Gasteiger partial charge in [-0.3, -0.25) is 9.59 Å². The van der Waals surface area contributed by atoms with E-state index in [-0.39, 0.29) is 17.9 Å². The standard InChI is InChI=1S/C20H27NO5S/c1-2-25-15-3-5-16(6-4-15)27-13-18(22)21-10-7-14(8-11-21)19-17(20(23)24)9-12-26-19/h3-6,14,17,19H,2,7-13H2,1H3,(H,23,24)/t17?,19-/m0/s1. The highest BCUT2D eigenvalue weighted by atomic mass is 32.2. The smallest absolute Gasteiger partial charge is 0.309 e. The first-order valence-electron chi connectivity index (χ1n) is 9.56. The van der Waals surface area contributed by atoms with E-state index in [4.69, 9.17) is 9.47 Å². The summed E-state index contributed by atoms with van der Waals surface area (Å²) in [5, 5.41) is 9.32. The van der Waals surface area contributed by atoms with E-state index in [1.54, 1.807) is 0 Å². The Labute approximate surface area is 164 Å². The van der Waals surface area contributed by atoms with Crippen LogP contribution in [0.15, 0.2) is 29.2 Å². The number of amides is 1. The van der Waals surface area contributed by atoms with Gasteiger partial charge in [0, 0.05) is 24.6 Å². The van der Waals surface area contributed by atoms with Crippen molar-refractivity contribution >= 4 is 23.6 Å². The average Bonchev–Trinajstić information content (AvgIpc) is 3.18. The maximum atomic E-state index is 12.5. The van der Waals surface area contributed by atoms with Crippen LogP contribution < -0.4 is 4.74 Å². The maximum Gasteiger partial charge on any atom is 0.309 e. The molecule has 1 unspecified atom stereocenters. The topological polar surface area (TPSA) is 76.1 Å². The van der Waals surface area contributed by atoms with Crippen LogP contribution in [0.1, 0.15) is 26.2 Å². The van der Waals surface area contributed by atoms with E-state index in [9.17, 15) is 14.7 Å². The number of thioether (sulfide) groups is 1. The number of carboxylic acids is 1. The zero-order valence-electron chi connectivity index (χ0n) is 15.6. The molecule has 1 aromatic carbocycles. The van der Waals surface area contributed by atoms with Gasteiger partial charge in [-0.25, -0.2) is 0 Å². The Morgan fingerprint density at radius 3 is 2.56 bits per heavy atom. The number of likely N-dealkylation sites (tertiary alicyclic amines) is 1. The average molecular weight is 394 g/mol. The van der Waals surface area contributed by atoms with E-state index in [2.05, 4.69) is 0 Å². The summed E-state index contributed by atoms with van der Waals surface area (Å²) in [5.41, 5.74) is 0. The third kappa shape index (κ3) is 5.17. The fourth-order valence-corrected chi connectivity index (χ4v) is 4.65. The highest BCUT2D eigenvalue weighted by Gasteiger charge is 2.40. The van der Waals surface area contributed by atoms with Crippen LogP contribution in [0.25, 0.3) is 0 Å². The number of aliphatic carboxylic acids is 1. The Morgan fingerprint density at radius 1 is 1.22 bits per heavy atom. The molecule has 1 amide bonds. The molecule has 27 heavy (non-hydrogen) atoms. The number of piperidine rings is 1. The van der Waals surface area contributed by atoms with Crippen molar-refractivity contribution in [2.45, 2.75) is 37.2 Å². The molecule has 1 N–H and O–H groups in total. The molecule has 2 aliphatic rings. The number of carbonyl (C=O) groups excluding carboxylic acids is 1. The number of carbonyl (C=O) groups is 2. The summed E-state index contributed by atoms with van der Waals surface area (Å²) >= 11 is 1.53. The van der Waals surface area contributed by atoms with Crippen LogP contribution in [0.4, 0.5) is 0 Å². The Morgan fingerprint density at radius 2 is 1.93 bits per heavy atom. The second-order valence-electron chi connectivity index (χ2n) is 6.98. The lowest BCUT2D eigenvalue weighted by Crippen LogP contribution is -2.43. The summed E-state index contributed by atoms with van der Waals surface area (Å²) in [6.07, 6.45) is 2.03. The molecular formula is C20H27NO5S. The highest BCUT2D eigenvalue weighted by molar-refractivity contribution is 8.00.